The van der Waals surface area contributed by atoms with Crippen molar-refractivity contribution in [3.05, 3.63) is 48.2 Å². The molecule has 27 heavy (non-hydrogen) atoms. The van der Waals surface area contributed by atoms with Gasteiger partial charge in [-0.3, -0.25) is 4.79 Å². The molecular formula is C20H23N3O4. The number of methoxy groups -OCH3 is 1. The molecule has 0 bridgehead atoms. The Morgan fingerprint density at radius 1 is 1.19 bits per heavy atom. The van der Waals surface area contributed by atoms with Crippen LogP contribution in [0.3, 0.4) is 0 Å². The van der Waals surface area contributed by atoms with E-state index in [-0.39, 0.29) is 5.91 Å². The van der Waals surface area contributed by atoms with Crippen LogP contribution in [0.15, 0.2) is 42.6 Å². The van der Waals surface area contributed by atoms with Crippen molar-refractivity contribution in [2.75, 3.05) is 38.7 Å². The van der Waals surface area contributed by atoms with Gasteiger partial charge in [0.1, 0.15) is 11.6 Å². The second-order valence-electron chi connectivity index (χ2n) is 6.69. The summed E-state index contributed by atoms with van der Waals surface area (Å²) in [6.07, 6.45) is 3.03. The Labute approximate surface area is 158 Å². The van der Waals surface area contributed by atoms with Gasteiger partial charge in [-0.15, -0.1) is 0 Å². The summed E-state index contributed by atoms with van der Waals surface area (Å²) >= 11 is 0. The van der Waals surface area contributed by atoms with Gasteiger partial charge in [0, 0.05) is 43.9 Å². The third kappa shape index (κ3) is 3.89. The van der Waals surface area contributed by atoms with Crippen molar-refractivity contribution >= 4 is 17.4 Å². The predicted octanol–water partition coefficient (Wildman–Crippen LogP) is 2.81. The van der Waals surface area contributed by atoms with Gasteiger partial charge >= 0.3 is 0 Å². The van der Waals surface area contributed by atoms with Gasteiger partial charge in [-0.2, -0.15) is 0 Å². The van der Waals surface area contributed by atoms with E-state index in [1.54, 1.807) is 25.4 Å². The lowest BCUT2D eigenvalue weighted by Gasteiger charge is -2.37. The first-order valence-corrected chi connectivity index (χ1v) is 9.12. The molecule has 7 nitrogen and oxygen atoms in total. The molecule has 0 saturated carbocycles. The number of hydrogen-bond donors (Lipinski definition) is 1. The number of rotatable bonds is 4. The Kier molecular flexibility index (Phi) is 4.96. The van der Waals surface area contributed by atoms with E-state index in [1.807, 2.05) is 29.2 Å². The molecule has 0 radical (unpaired) electrons. The Balaban J connectivity index is 1.37. The van der Waals surface area contributed by atoms with Crippen LogP contribution in [0.2, 0.25) is 0 Å². The van der Waals surface area contributed by atoms with Crippen molar-refractivity contribution in [1.29, 1.82) is 0 Å². The van der Waals surface area contributed by atoms with E-state index in [0.29, 0.717) is 50.5 Å². The molecule has 1 aromatic carbocycles. The molecule has 0 unspecified atom stereocenters. The highest BCUT2D eigenvalue weighted by atomic mass is 16.7. The minimum absolute atomic E-state index is 0.0109. The molecule has 1 spiro atoms. The zero-order chi connectivity index (χ0) is 18.7. The van der Waals surface area contributed by atoms with Crippen LogP contribution < -0.4 is 10.1 Å². The molecule has 142 valence electrons. The maximum absolute atomic E-state index is 12.7. The summed E-state index contributed by atoms with van der Waals surface area (Å²) in [5, 5.41) is 3.21. The van der Waals surface area contributed by atoms with E-state index in [1.165, 1.54) is 0 Å². The maximum atomic E-state index is 12.7. The molecule has 1 N–H and O–H groups in total. The minimum atomic E-state index is -0.473. The van der Waals surface area contributed by atoms with Crippen molar-refractivity contribution in [1.82, 2.24) is 9.88 Å². The molecule has 4 rings (SSSR count). The quantitative estimate of drug-likeness (QED) is 0.893. The van der Waals surface area contributed by atoms with Gasteiger partial charge in [0.15, 0.2) is 5.79 Å². The molecule has 2 fully saturated rings. The number of carbonyl (C=O) groups is 1. The smallest absolute Gasteiger partial charge is 0.255 e. The summed E-state index contributed by atoms with van der Waals surface area (Å²) in [6.45, 7) is 2.53. The predicted molar refractivity (Wildman–Crippen MR) is 100 cm³/mol. The van der Waals surface area contributed by atoms with E-state index in [4.69, 9.17) is 14.2 Å². The monoisotopic (exact) mass is 369 g/mol. The van der Waals surface area contributed by atoms with Gasteiger partial charge < -0.3 is 24.4 Å². The number of nitrogens with one attached hydrogen (secondary N) is 1. The highest BCUT2D eigenvalue weighted by Crippen LogP contribution is 2.31. The van der Waals surface area contributed by atoms with Crippen LogP contribution in [0.5, 0.6) is 5.75 Å². The largest absolute Gasteiger partial charge is 0.497 e. The van der Waals surface area contributed by atoms with Crippen LogP contribution in [0.4, 0.5) is 11.5 Å². The lowest BCUT2D eigenvalue weighted by Crippen LogP contribution is -2.47. The Morgan fingerprint density at radius 2 is 1.96 bits per heavy atom. The summed E-state index contributed by atoms with van der Waals surface area (Å²) in [4.78, 5) is 18.9. The molecule has 0 aliphatic carbocycles. The lowest BCUT2D eigenvalue weighted by atomic mass is 10.0. The zero-order valence-corrected chi connectivity index (χ0v) is 15.3. The number of carbonyl (C=O) groups excluding carboxylic acids is 1. The first kappa shape index (κ1) is 17.8. The maximum Gasteiger partial charge on any atom is 0.255 e. The summed E-state index contributed by atoms with van der Waals surface area (Å²) in [7, 11) is 1.63. The van der Waals surface area contributed by atoms with Gasteiger partial charge in [-0.05, 0) is 24.3 Å². The van der Waals surface area contributed by atoms with Gasteiger partial charge in [0.25, 0.3) is 5.91 Å². The number of nitrogens with zero attached hydrogens (tertiary/aromatic N) is 2. The van der Waals surface area contributed by atoms with Gasteiger partial charge in [-0.1, -0.05) is 6.07 Å². The number of hydrogen-bond acceptors (Lipinski definition) is 6. The fraction of sp³-hybridized carbons (Fsp3) is 0.400. The van der Waals surface area contributed by atoms with Gasteiger partial charge in [0.05, 0.1) is 25.9 Å². The molecule has 3 heterocycles. The molecule has 1 aromatic heterocycles. The van der Waals surface area contributed by atoms with Crippen LogP contribution in [0.25, 0.3) is 0 Å². The van der Waals surface area contributed by atoms with Crippen molar-refractivity contribution < 1.29 is 19.0 Å². The normalized spacial score (nSPS) is 18.5. The van der Waals surface area contributed by atoms with E-state index >= 15 is 0 Å². The first-order valence-electron chi connectivity index (χ1n) is 9.12. The standard InChI is InChI=1S/C20H23N3O4/c1-25-17-4-2-3-16(13-17)22-18-6-5-15(14-21-18)19(24)23-9-7-20(8-10-23)26-11-12-27-20/h2-6,13-14H,7-12H2,1H3,(H,21,22). The Morgan fingerprint density at radius 3 is 2.63 bits per heavy atom. The highest BCUT2D eigenvalue weighted by molar-refractivity contribution is 5.94. The van der Waals surface area contributed by atoms with Crippen molar-refractivity contribution in [3.8, 4) is 5.75 Å². The fourth-order valence-corrected chi connectivity index (χ4v) is 3.46. The summed E-state index contributed by atoms with van der Waals surface area (Å²) in [6, 6.07) is 11.2. The van der Waals surface area contributed by atoms with Crippen molar-refractivity contribution in [2.24, 2.45) is 0 Å². The number of anilines is 2. The van der Waals surface area contributed by atoms with Crippen LogP contribution in [0.1, 0.15) is 23.2 Å². The SMILES string of the molecule is COc1cccc(Nc2ccc(C(=O)N3CCC4(CC3)OCCO4)cn2)c1. The Bertz CT molecular complexity index is 793. The van der Waals surface area contributed by atoms with E-state index in [9.17, 15) is 4.79 Å². The first-order chi connectivity index (χ1) is 13.2. The molecule has 2 aromatic rings. The van der Waals surface area contributed by atoms with E-state index < -0.39 is 5.79 Å². The number of piperidine rings is 1. The van der Waals surface area contributed by atoms with Crippen LogP contribution >= 0.6 is 0 Å². The molecule has 0 atom stereocenters. The van der Waals surface area contributed by atoms with Crippen molar-refractivity contribution in [3.63, 3.8) is 0 Å². The van der Waals surface area contributed by atoms with E-state index in [0.717, 1.165) is 11.4 Å². The molecule has 1 amide bonds. The average molecular weight is 369 g/mol. The second-order valence-corrected chi connectivity index (χ2v) is 6.69. The van der Waals surface area contributed by atoms with Crippen molar-refractivity contribution in [2.45, 2.75) is 18.6 Å². The third-order valence-corrected chi connectivity index (χ3v) is 4.98. The fourth-order valence-electron chi connectivity index (χ4n) is 3.46. The average Bonchev–Trinajstić information content (AvgIpc) is 3.17. The van der Waals surface area contributed by atoms with Gasteiger partial charge in [0.2, 0.25) is 0 Å². The van der Waals surface area contributed by atoms with Gasteiger partial charge in [-0.25, -0.2) is 4.98 Å². The number of ether oxygens (including phenoxy) is 3. The summed E-state index contributed by atoms with van der Waals surface area (Å²) in [5.41, 5.74) is 1.45. The molecule has 7 heteroatoms. The van der Waals surface area contributed by atoms with Crippen LogP contribution in [-0.4, -0.2) is 55.0 Å². The van der Waals surface area contributed by atoms with Crippen LogP contribution in [0, 0.1) is 0 Å². The topological polar surface area (TPSA) is 72.9 Å². The van der Waals surface area contributed by atoms with Crippen LogP contribution in [-0.2, 0) is 9.47 Å². The number of pyridine rings is 1. The van der Waals surface area contributed by atoms with E-state index in [2.05, 4.69) is 10.3 Å². The molecule has 2 saturated heterocycles. The lowest BCUT2D eigenvalue weighted by molar-refractivity contribution is -0.181. The summed E-state index contributed by atoms with van der Waals surface area (Å²) < 4.78 is 16.6. The number of amides is 1. The third-order valence-electron chi connectivity index (χ3n) is 4.98. The Hall–Kier alpha value is -2.64. The molecular weight excluding hydrogens is 346 g/mol. The minimum Gasteiger partial charge on any atom is -0.497 e. The zero-order valence-electron chi connectivity index (χ0n) is 15.3. The molecule has 2 aliphatic rings. The summed E-state index contributed by atoms with van der Waals surface area (Å²) in [5.74, 6) is 0.956. The number of likely N-dealkylation sites (tertiary alicyclic amines) is 1. The highest BCUT2D eigenvalue weighted by Gasteiger charge is 2.40. The second kappa shape index (κ2) is 7.54. The number of aromatic nitrogens is 1. The molecule has 2 aliphatic heterocycles. The number of benzene rings is 1.